The van der Waals surface area contributed by atoms with Crippen LogP contribution in [0, 0.1) is 12.7 Å². The summed E-state index contributed by atoms with van der Waals surface area (Å²) in [5, 5.41) is 0. The number of aromatic nitrogens is 2. The van der Waals surface area contributed by atoms with Gasteiger partial charge in [0.2, 0.25) is 10.0 Å². The van der Waals surface area contributed by atoms with Gasteiger partial charge in [-0.15, -0.1) is 0 Å². The molecule has 0 bridgehead atoms. The molecule has 0 amide bonds. The van der Waals surface area contributed by atoms with E-state index in [0.717, 1.165) is 11.6 Å². The Hall–Kier alpha value is -2.38. The largest absolute Gasteiger partial charge is 0.253 e. The van der Waals surface area contributed by atoms with Crippen molar-refractivity contribution in [3.63, 3.8) is 0 Å². The lowest BCUT2D eigenvalue weighted by molar-refractivity contribution is 0.578. The van der Waals surface area contributed by atoms with Crippen molar-refractivity contribution in [3.8, 4) is 0 Å². The smallest absolute Gasteiger partial charge is 0.241 e. The summed E-state index contributed by atoms with van der Waals surface area (Å²) >= 11 is 0. The van der Waals surface area contributed by atoms with E-state index < -0.39 is 15.8 Å². The van der Waals surface area contributed by atoms with Gasteiger partial charge in [0.05, 0.1) is 34.4 Å². The predicted octanol–water partition coefficient (Wildman–Crippen LogP) is 2.56. The Bertz CT molecular complexity index is 974. The van der Waals surface area contributed by atoms with E-state index in [1.165, 1.54) is 18.3 Å². The Morgan fingerprint density at radius 1 is 1.13 bits per heavy atom. The highest BCUT2D eigenvalue weighted by molar-refractivity contribution is 7.89. The topological polar surface area (TPSA) is 72.0 Å². The number of sulfonamides is 1. The van der Waals surface area contributed by atoms with Crippen molar-refractivity contribution < 1.29 is 12.8 Å². The number of fused-ring (bicyclic) bond motifs is 1. The third-order valence-electron chi connectivity index (χ3n) is 3.37. The second-order valence-corrected chi connectivity index (χ2v) is 6.82. The summed E-state index contributed by atoms with van der Waals surface area (Å²) < 4.78 is 40.2. The number of nitrogens with zero attached hydrogens (tertiary/aromatic N) is 2. The van der Waals surface area contributed by atoms with Gasteiger partial charge in [0.1, 0.15) is 5.82 Å². The van der Waals surface area contributed by atoms with Crippen LogP contribution in [0.25, 0.3) is 11.0 Å². The van der Waals surface area contributed by atoms with E-state index >= 15 is 0 Å². The van der Waals surface area contributed by atoms with Gasteiger partial charge in [-0.05, 0) is 42.8 Å². The van der Waals surface area contributed by atoms with Gasteiger partial charge in [0.25, 0.3) is 0 Å². The zero-order valence-electron chi connectivity index (χ0n) is 12.3. The summed E-state index contributed by atoms with van der Waals surface area (Å²) in [6.45, 7) is 1.56. The highest BCUT2D eigenvalue weighted by Gasteiger charge is 2.17. The molecule has 3 rings (SSSR count). The highest BCUT2D eigenvalue weighted by atomic mass is 32.2. The minimum Gasteiger partial charge on any atom is -0.253 e. The van der Waals surface area contributed by atoms with Crippen molar-refractivity contribution in [2.24, 2.45) is 0 Å². The average Bonchev–Trinajstić information content (AvgIpc) is 2.52. The van der Waals surface area contributed by atoms with E-state index in [4.69, 9.17) is 0 Å². The standard InChI is InChI=1S/C16H14FN3O2S/c1-11-8-12(17)6-7-16(11)23(21,22)19-10-13-9-18-14-4-2-3-5-15(14)20-13/h2-9,19H,10H2,1H3. The maximum Gasteiger partial charge on any atom is 0.241 e. The number of nitrogens with one attached hydrogen (secondary N) is 1. The molecule has 3 aromatic rings. The lowest BCUT2D eigenvalue weighted by Gasteiger charge is -2.09. The van der Waals surface area contributed by atoms with E-state index in [1.54, 1.807) is 6.92 Å². The van der Waals surface area contributed by atoms with Crippen LogP contribution in [0.5, 0.6) is 0 Å². The van der Waals surface area contributed by atoms with Crippen molar-refractivity contribution in [3.05, 3.63) is 65.7 Å². The molecule has 1 aromatic heterocycles. The fourth-order valence-corrected chi connectivity index (χ4v) is 3.47. The first-order chi connectivity index (χ1) is 11.0. The molecule has 0 fully saturated rings. The lowest BCUT2D eigenvalue weighted by Crippen LogP contribution is -2.24. The molecule has 1 heterocycles. The maximum atomic E-state index is 13.1. The van der Waals surface area contributed by atoms with Crippen molar-refractivity contribution in [1.29, 1.82) is 0 Å². The summed E-state index contributed by atoms with van der Waals surface area (Å²) in [6, 6.07) is 10.9. The van der Waals surface area contributed by atoms with Crippen molar-refractivity contribution in [2.45, 2.75) is 18.4 Å². The molecule has 2 aromatic carbocycles. The molecule has 0 saturated carbocycles. The number of halogens is 1. The average molecular weight is 331 g/mol. The number of benzene rings is 2. The van der Waals surface area contributed by atoms with E-state index in [2.05, 4.69) is 14.7 Å². The molecular formula is C16H14FN3O2S. The van der Waals surface area contributed by atoms with Gasteiger partial charge in [-0.2, -0.15) is 0 Å². The van der Waals surface area contributed by atoms with Crippen LogP contribution in [-0.2, 0) is 16.6 Å². The Morgan fingerprint density at radius 3 is 2.61 bits per heavy atom. The molecule has 0 aliphatic rings. The molecule has 7 heteroatoms. The van der Waals surface area contributed by atoms with Crippen LogP contribution in [-0.4, -0.2) is 18.4 Å². The van der Waals surface area contributed by atoms with Crippen molar-refractivity contribution in [1.82, 2.24) is 14.7 Å². The molecular weight excluding hydrogens is 317 g/mol. The molecule has 0 saturated heterocycles. The van der Waals surface area contributed by atoms with Gasteiger partial charge in [0.15, 0.2) is 0 Å². The van der Waals surface area contributed by atoms with Crippen molar-refractivity contribution >= 4 is 21.1 Å². The SMILES string of the molecule is Cc1cc(F)ccc1S(=O)(=O)NCc1cnc2ccccc2n1. The summed E-state index contributed by atoms with van der Waals surface area (Å²) in [5.41, 5.74) is 2.30. The van der Waals surface area contributed by atoms with Gasteiger partial charge in [-0.1, -0.05) is 12.1 Å². The summed E-state index contributed by atoms with van der Waals surface area (Å²) in [6.07, 6.45) is 1.53. The van der Waals surface area contributed by atoms with E-state index in [-0.39, 0.29) is 11.4 Å². The molecule has 23 heavy (non-hydrogen) atoms. The second kappa shape index (κ2) is 6.02. The Labute approximate surface area is 133 Å². The maximum absolute atomic E-state index is 13.1. The molecule has 0 unspecified atom stereocenters. The third kappa shape index (κ3) is 3.35. The van der Waals surface area contributed by atoms with Gasteiger partial charge >= 0.3 is 0 Å². The first-order valence-electron chi connectivity index (χ1n) is 6.92. The number of rotatable bonds is 4. The zero-order valence-corrected chi connectivity index (χ0v) is 13.1. The first kappa shape index (κ1) is 15.5. The number of para-hydroxylation sites is 2. The van der Waals surface area contributed by atoms with Gasteiger partial charge in [0, 0.05) is 0 Å². The van der Waals surface area contributed by atoms with E-state index in [1.807, 2.05) is 24.3 Å². The monoisotopic (exact) mass is 331 g/mol. The van der Waals surface area contributed by atoms with Crippen LogP contribution >= 0.6 is 0 Å². The van der Waals surface area contributed by atoms with Gasteiger partial charge < -0.3 is 0 Å². The fraction of sp³-hybridized carbons (Fsp3) is 0.125. The first-order valence-corrected chi connectivity index (χ1v) is 8.40. The van der Waals surface area contributed by atoms with Gasteiger partial charge in [-0.3, -0.25) is 4.98 Å². The number of hydrogen-bond donors (Lipinski definition) is 1. The quantitative estimate of drug-likeness (QED) is 0.797. The third-order valence-corrected chi connectivity index (χ3v) is 4.93. The molecule has 118 valence electrons. The summed E-state index contributed by atoms with van der Waals surface area (Å²) in [4.78, 5) is 8.64. The molecule has 0 radical (unpaired) electrons. The van der Waals surface area contributed by atoms with Crippen LogP contribution in [0.3, 0.4) is 0 Å². The van der Waals surface area contributed by atoms with Crippen LogP contribution in [0.2, 0.25) is 0 Å². The van der Waals surface area contributed by atoms with Crippen LogP contribution < -0.4 is 4.72 Å². The molecule has 0 aliphatic carbocycles. The lowest BCUT2D eigenvalue weighted by atomic mass is 10.2. The summed E-state index contributed by atoms with van der Waals surface area (Å²) in [7, 11) is -3.74. The minimum absolute atomic E-state index is 0.0109. The summed E-state index contributed by atoms with van der Waals surface area (Å²) in [5.74, 6) is -0.471. The minimum atomic E-state index is -3.74. The predicted molar refractivity (Wildman–Crippen MR) is 84.7 cm³/mol. The Balaban J connectivity index is 1.83. The zero-order chi connectivity index (χ0) is 16.4. The molecule has 0 aliphatic heterocycles. The Kier molecular flexibility index (Phi) is 4.06. The van der Waals surface area contributed by atoms with Crippen molar-refractivity contribution in [2.75, 3.05) is 0 Å². The fourth-order valence-electron chi connectivity index (χ4n) is 2.24. The van der Waals surface area contributed by atoms with E-state index in [9.17, 15) is 12.8 Å². The molecule has 5 nitrogen and oxygen atoms in total. The van der Waals surface area contributed by atoms with E-state index in [0.29, 0.717) is 16.8 Å². The van der Waals surface area contributed by atoms with Crippen LogP contribution in [0.4, 0.5) is 4.39 Å². The second-order valence-electron chi connectivity index (χ2n) is 5.08. The highest BCUT2D eigenvalue weighted by Crippen LogP contribution is 2.16. The molecule has 0 spiro atoms. The van der Waals surface area contributed by atoms with Gasteiger partial charge in [-0.25, -0.2) is 22.5 Å². The molecule has 0 atom stereocenters. The normalized spacial score (nSPS) is 11.7. The van der Waals surface area contributed by atoms with Crippen LogP contribution in [0.15, 0.2) is 53.6 Å². The molecule has 1 N–H and O–H groups in total. The number of hydrogen-bond acceptors (Lipinski definition) is 4. The van der Waals surface area contributed by atoms with Crippen LogP contribution in [0.1, 0.15) is 11.3 Å². The number of aryl methyl sites for hydroxylation is 1. The Morgan fingerprint density at radius 2 is 1.87 bits per heavy atom.